The molecule has 2 rings (SSSR count). The van der Waals surface area contributed by atoms with Gasteiger partial charge in [-0.3, -0.25) is 9.59 Å². The van der Waals surface area contributed by atoms with Crippen LogP contribution in [-0.2, 0) is 4.79 Å². The summed E-state index contributed by atoms with van der Waals surface area (Å²) in [5, 5.41) is 7.25. The molecule has 1 unspecified atom stereocenters. The number of hydrogen-bond donors (Lipinski definition) is 2. The Balaban J connectivity index is 2.01. The van der Waals surface area contributed by atoms with Crippen LogP contribution in [0.1, 0.15) is 49.5 Å². The first kappa shape index (κ1) is 23.4. The first-order valence-corrected chi connectivity index (χ1v) is 10.4. The number of carbonyl (C=O) groups is 2. The van der Waals surface area contributed by atoms with Crippen molar-refractivity contribution in [3.05, 3.63) is 64.7 Å². The van der Waals surface area contributed by atoms with Crippen molar-refractivity contribution in [1.82, 2.24) is 10.7 Å². The quantitative estimate of drug-likeness (QED) is 0.333. The second kappa shape index (κ2) is 12.0. The summed E-state index contributed by atoms with van der Waals surface area (Å²) in [6.45, 7) is 6.42. The summed E-state index contributed by atoms with van der Waals surface area (Å²) in [6.07, 6.45) is 3.55. The van der Waals surface area contributed by atoms with Crippen molar-refractivity contribution in [1.29, 1.82) is 0 Å². The number of nitrogens with zero attached hydrogens (tertiary/aromatic N) is 1. The number of amides is 2. The van der Waals surface area contributed by atoms with Gasteiger partial charge in [-0.15, -0.1) is 0 Å². The summed E-state index contributed by atoms with van der Waals surface area (Å²) in [5.41, 5.74) is 3.66. The molecule has 2 aromatic rings. The number of unbranched alkanes of at least 4 members (excludes halogenated alkanes) is 1. The molecular formula is C23H28ClN3O3. The van der Waals surface area contributed by atoms with E-state index in [1.807, 2.05) is 38.1 Å². The Morgan fingerprint density at radius 3 is 2.63 bits per heavy atom. The number of hydrazone groups is 1. The Bertz CT molecular complexity index is 884. The van der Waals surface area contributed by atoms with Crippen LogP contribution in [0.5, 0.6) is 5.75 Å². The average molecular weight is 430 g/mol. The van der Waals surface area contributed by atoms with Gasteiger partial charge in [0, 0.05) is 16.1 Å². The number of carbonyl (C=O) groups excluding carboxylic acids is 2. The molecule has 7 heteroatoms. The van der Waals surface area contributed by atoms with Crippen LogP contribution in [0.25, 0.3) is 0 Å². The third kappa shape index (κ3) is 7.19. The third-order valence-electron chi connectivity index (χ3n) is 4.38. The lowest BCUT2D eigenvalue weighted by Crippen LogP contribution is -2.48. The molecule has 30 heavy (non-hydrogen) atoms. The van der Waals surface area contributed by atoms with Gasteiger partial charge >= 0.3 is 0 Å². The molecule has 0 aliphatic heterocycles. The van der Waals surface area contributed by atoms with Gasteiger partial charge in [0.2, 0.25) is 0 Å². The highest BCUT2D eigenvalue weighted by Gasteiger charge is 2.24. The lowest BCUT2D eigenvalue weighted by Gasteiger charge is -2.20. The molecule has 0 heterocycles. The van der Waals surface area contributed by atoms with E-state index in [1.54, 1.807) is 24.3 Å². The largest absolute Gasteiger partial charge is 0.493 e. The molecule has 0 spiro atoms. The Labute approximate surface area is 182 Å². The SMILES string of the molecule is CCCCOc1ccccc1/C=N/NC(=O)C(NC(=O)c1cccc(Cl)c1)C(C)C. The number of ether oxygens (including phenoxy) is 1. The fourth-order valence-corrected chi connectivity index (χ4v) is 2.86. The maximum atomic E-state index is 12.6. The smallest absolute Gasteiger partial charge is 0.262 e. The number of benzene rings is 2. The van der Waals surface area contributed by atoms with Crippen LogP contribution in [0.15, 0.2) is 53.6 Å². The van der Waals surface area contributed by atoms with Crippen molar-refractivity contribution in [3.8, 4) is 5.75 Å². The summed E-state index contributed by atoms with van der Waals surface area (Å²) < 4.78 is 5.76. The van der Waals surface area contributed by atoms with Crippen LogP contribution in [0.4, 0.5) is 0 Å². The average Bonchev–Trinajstić information content (AvgIpc) is 2.72. The molecule has 160 valence electrons. The van der Waals surface area contributed by atoms with E-state index >= 15 is 0 Å². The third-order valence-corrected chi connectivity index (χ3v) is 4.61. The zero-order valence-corrected chi connectivity index (χ0v) is 18.3. The van der Waals surface area contributed by atoms with Gasteiger partial charge in [0.25, 0.3) is 11.8 Å². The van der Waals surface area contributed by atoms with E-state index in [0.29, 0.717) is 22.9 Å². The molecule has 1 atom stereocenters. The fraction of sp³-hybridized carbons (Fsp3) is 0.348. The van der Waals surface area contributed by atoms with Crippen LogP contribution in [0.3, 0.4) is 0 Å². The Hall–Kier alpha value is -2.86. The molecule has 0 saturated carbocycles. The summed E-state index contributed by atoms with van der Waals surface area (Å²) in [5.74, 6) is -0.197. The van der Waals surface area contributed by atoms with Gasteiger partial charge in [-0.25, -0.2) is 5.43 Å². The first-order chi connectivity index (χ1) is 14.4. The molecular weight excluding hydrogens is 402 g/mol. The normalized spacial score (nSPS) is 12.0. The maximum absolute atomic E-state index is 12.6. The van der Waals surface area contributed by atoms with Gasteiger partial charge in [-0.1, -0.05) is 57.0 Å². The van der Waals surface area contributed by atoms with Crippen molar-refractivity contribution in [2.24, 2.45) is 11.0 Å². The molecule has 0 aliphatic carbocycles. The number of rotatable bonds is 10. The van der Waals surface area contributed by atoms with E-state index in [1.165, 1.54) is 6.21 Å². The van der Waals surface area contributed by atoms with Crippen LogP contribution < -0.4 is 15.5 Å². The van der Waals surface area contributed by atoms with Crippen LogP contribution in [0.2, 0.25) is 5.02 Å². The molecule has 6 nitrogen and oxygen atoms in total. The zero-order chi connectivity index (χ0) is 21.9. The minimum absolute atomic E-state index is 0.131. The lowest BCUT2D eigenvalue weighted by atomic mass is 10.0. The second-order valence-corrected chi connectivity index (χ2v) is 7.62. The molecule has 0 aromatic heterocycles. The molecule has 0 bridgehead atoms. The molecule has 2 aromatic carbocycles. The predicted octanol–water partition coefficient (Wildman–Crippen LogP) is 4.42. The lowest BCUT2D eigenvalue weighted by molar-refractivity contribution is -0.123. The number of para-hydroxylation sites is 1. The van der Waals surface area contributed by atoms with Gasteiger partial charge in [-0.05, 0) is 42.7 Å². The summed E-state index contributed by atoms with van der Waals surface area (Å²) in [7, 11) is 0. The Morgan fingerprint density at radius 1 is 1.17 bits per heavy atom. The number of hydrogen-bond acceptors (Lipinski definition) is 4. The van der Waals surface area contributed by atoms with Crippen molar-refractivity contribution in [2.45, 2.75) is 39.7 Å². The van der Waals surface area contributed by atoms with Crippen LogP contribution >= 0.6 is 11.6 Å². The summed E-state index contributed by atoms with van der Waals surface area (Å²) in [4.78, 5) is 25.1. The zero-order valence-electron chi connectivity index (χ0n) is 17.5. The van der Waals surface area contributed by atoms with E-state index in [4.69, 9.17) is 16.3 Å². The van der Waals surface area contributed by atoms with Gasteiger partial charge in [0.1, 0.15) is 11.8 Å². The van der Waals surface area contributed by atoms with Crippen molar-refractivity contribution < 1.29 is 14.3 Å². The van der Waals surface area contributed by atoms with E-state index < -0.39 is 11.9 Å². The van der Waals surface area contributed by atoms with Crippen molar-refractivity contribution in [2.75, 3.05) is 6.61 Å². The van der Waals surface area contributed by atoms with Crippen molar-refractivity contribution in [3.63, 3.8) is 0 Å². The van der Waals surface area contributed by atoms with Gasteiger partial charge in [-0.2, -0.15) is 5.10 Å². The number of halogens is 1. The summed E-state index contributed by atoms with van der Waals surface area (Å²) >= 11 is 5.94. The van der Waals surface area contributed by atoms with Gasteiger partial charge in [0.15, 0.2) is 0 Å². The molecule has 2 N–H and O–H groups in total. The second-order valence-electron chi connectivity index (χ2n) is 7.18. The molecule has 0 saturated heterocycles. The molecule has 2 amide bonds. The van der Waals surface area contributed by atoms with E-state index in [9.17, 15) is 9.59 Å². The molecule has 0 fully saturated rings. The van der Waals surface area contributed by atoms with E-state index in [0.717, 1.165) is 18.4 Å². The fourth-order valence-electron chi connectivity index (χ4n) is 2.67. The Morgan fingerprint density at radius 2 is 1.93 bits per heavy atom. The number of nitrogens with one attached hydrogen (secondary N) is 2. The monoisotopic (exact) mass is 429 g/mol. The molecule has 0 aliphatic rings. The van der Waals surface area contributed by atoms with Gasteiger partial charge in [0.05, 0.1) is 12.8 Å². The van der Waals surface area contributed by atoms with Gasteiger partial charge < -0.3 is 10.1 Å². The maximum Gasteiger partial charge on any atom is 0.262 e. The van der Waals surface area contributed by atoms with Crippen LogP contribution in [0, 0.1) is 5.92 Å². The summed E-state index contributed by atoms with van der Waals surface area (Å²) in [6, 6.07) is 13.3. The van der Waals surface area contributed by atoms with Crippen LogP contribution in [-0.4, -0.2) is 30.7 Å². The minimum atomic E-state index is -0.746. The van der Waals surface area contributed by atoms with E-state index in [2.05, 4.69) is 22.8 Å². The van der Waals surface area contributed by atoms with Crippen molar-refractivity contribution >= 4 is 29.6 Å². The first-order valence-electron chi connectivity index (χ1n) is 10.0. The highest BCUT2D eigenvalue weighted by molar-refractivity contribution is 6.31. The molecule has 0 radical (unpaired) electrons. The standard InChI is InChI=1S/C23H28ClN3O3/c1-4-5-13-30-20-12-7-6-9-18(20)15-25-27-23(29)21(16(2)3)26-22(28)17-10-8-11-19(24)14-17/h6-12,14-16,21H,4-5,13H2,1-3H3,(H,26,28)(H,27,29)/b25-15+. The highest BCUT2D eigenvalue weighted by Crippen LogP contribution is 2.16. The topological polar surface area (TPSA) is 79.8 Å². The predicted molar refractivity (Wildman–Crippen MR) is 120 cm³/mol. The highest BCUT2D eigenvalue weighted by atomic mass is 35.5. The Kier molecular flexibility index (Phi) is 9.35. The minimum Gasteiger partial charge on any atom is -0.493 e. The van der Waals surface area contributed by atoms with E-state index in [-0.39, 0.29) is 11.8 Å².